The summed E-state index contributed by atoms with van der Waals surface area (Å²) in [6, 6.07) is 15.8. The Bertz CT molecular complexity index is 944. The number of fused-ring (bicyclic) bond motifs is 3. The number of benzene rings is 2. The molecule has 1 aliphatic carbocycles. The van der Waals surface area contributed by atoms with Gasteiger partial charge >= 0.3 is 6.09 Å². The second kappa shape index (κ2) is 9.97. The van der Waals surface area contributed by atoms with E-state index < -0.39 is 20.5 Å². The molecule has 0 bridgehead atoms. The van der Waals surface area contributed by atoms with Crippen molar-refractivity contribution in [2.45, 2.75) is 38.5 Å². The lowest BCUT2D eigenvalue weighted by Crippen LogP contribution is -2.46. The van der Waals surface area contributed by atoms with Gasteiger partial charge in [0.25, 0.3) is 0 Å². The number of thioether (sulfide) groups is 1. The molecule has 164 valence electrons. The third kappa shape index (κ3) is 6.18. The van der Waals surface area contributed by atoms with Crippen molar-refractivity contribution < 1.29 is 18.8 Å². The van der Waals surface area contributed by atoms with Crippen molar-refractivity contribution in [3.8, 4) is 11.1 Å². The number of thiocarbonyl (C=S) groups is 1. The second-order valence-corrected chi connectivity index (χ2v) is 14.4. The van der Waals surface area contributed by atoms with Gasteiger partial charge in [0.1, 0.15) is 12.6 Å². The maximum atomic E-state index is 12.6. The van der Waals surface area contributed by atoms with E-state index in [9.17, 15) is 9.59 Å². The number of rotatable bonds is 7. The number of hydrogen-bond acceptors (Lipinski definition) is 6. The summed E-state index contributed by atoms with van der Waals surface area (Å²) in [4.78, 5) is 24.0. The molecular weight excluding hydrogens is 446 g/mol. The summed E-state index contributed by atoms with van der Waals surface area (Å²) in [5.74, 6) is 0.288. The number of nitrogens with one attached hydrogen (secondary N) is 1. The van der Waals surface area contributed by atoms with Gasteiger partial charge in [-0.3, -0.25) is 4.79 Å². The first-order valence-electron chi connectivity index (χ1n) is 10.1. The molecule has 0 aromatic heterocycles. The first-order chi connectivity index (χ1) is 14.7. The minimum atomic E-state index is -1.94. The molecule has 1 atom stereocenters. The fourth-order valence-corrected chi connectivity index (χ4v) is 5.90. The van der Waals surface area contributed by atoms with Crippen LogP contribution >= 0.6 is 24.0 Å². The molecule has 0 aliphatic heterocycles. The van der Waals surface area contributed by atoms with Gasteiger partial charge < -0.3 is 14.5 Å². The molecule has 31 heavy (non-hydrogen) atoms. The van der Waals surface area contributed by atoms with E-state index in [-0.39, 0.29) is 17.6 Å². The molecule has 0 heterocycles. The van der Waals surface area contributed by atoms with Crippen LogP contribution in [0.1, 0.15) is 24.0 Å². The van der Waals surface area contributed by atoms with E-state index in [2.05, 4.69) is 29.6 Å². The smallest absolute Gasteiger partial charge is 0.407 e. The Labute approximate surface area is 194 Å². The maximum absolute atomic E-state index is 12.6. The first-order valence-corrected chi connectivity index (χ1v) is 14.9. The number of ether oxygens (including phenoxy) is 1. The third-order valence-corrected chi connectivity index (χ3v) is 7.03. The Morgan fingerprint density at radius 3 is 2.13 bits per heavy atom. The SMILES string of the molecule is CC(=O)SCC(NC(=O)OCC1c2ccccc2-c2ccccc21)C(=S)O[Si](C)(C)C. The van der Waals surface area contributed by atoms with Crippen LogP contribution in [0.5, 0.6) is 0 Å². The number of amides is 1. The van der Waals surface area contributed by atoms with Crippen LogP contribution < -0.4 is 5.32 Å². The van der Waals surface area contributed by atoms with Gasteiger partial charge in [-0.15, -0.1) is 0 Å². The normalized spacial score (nSPS) is 13.7. The number of alkyl carbamates (subject to hydrolysis) is 1. The van der Waals surface area contributed by atoms with Gasteiger partial charge in [-0.05, 0) is 54.1 Å². The monoisotopic (exact) mass is 473 g/mol. The van der Waals surface area contributed by atoms with Crippen molar-refractivity contribution in [3.05, 3.63) is 59.7 Å². The molecule has 5 nitrogen and oxygen atoms in total. The molecule has 1 unspecified atom stereocenters. The summed E-state index contributed by atoms with van der Waals surface area (Å²) in [5, 5.41) is 3.04. The average molecular weight is 474 g/mol. The van der Waals surface area contributed by atoms with E-state index >= 15 is 0 Å². The van der Waals surface area contributed by atoms with Crippen LogP contribution in [0.2, 0.25) is 19.6 Å². The lowest BCUT2D eigenvalue weighted by molar-refractivity contribution is -0.109. The van der Waals surface area contributed by atoms with Crippen molar-refractivity contribution >= 4 is 48.6 Å². The van der Waals surface area contributed by atoms with E-state index in [0.29, 0.717) is 10.8 Å². The minimum Gasteiger partial charge on any atom is -0.538 e. The summed E-state index contributed by atoms with van der Waals surface area (Å²) >= 11 is 6.51. The summed E-state index contributed by atoms with van der Waals surface area (Å²) in [5.41, 5.74) is 4.65. The Balaban J connectivity index is 1.67. The zero-order chi connectivity index (χ0) is 22.6. The zero-order valence-corrected chi connectivity index (χ0v) is 20.8. The third-order valence-electron chi connectivity index (χ3n) is 4.78. The zero-order valence-electron chi connectivity index (χ0n) is 18.1. The summed E-state index contributed by atoms with van der Waals surface area (Å²) in [7, 11) is -1.94. The van der Waals surface area contributed by atoms with Crippen molar-refractivity contribution in [1.29, 1.82) is 0 Å². The molecule has 0 saturated carbocycles. The lowest BCUT2D eigenvalue weighted by atomic mass is 9.98. The Morgan fingerprint density at radius 1 is 1.06 bits per heavy atom. The standard InChI is InChI=1S/C23H27NO4S2Si/c1-15(25)30-14-21(22(29)28-31(2,3)4)24-23(26)27-13-20-18-11-7-5-9-16(18)17-10-6-8-12-19(17)20/h5-12,20-21H,13-14H2,1-4H3,(H,24,26). The van der Waals surface area contributed by atoms with Crippen LogP contribution in [-0.4, -0.2) is 43.0 Å². The summed E-state index contributed by atoms with van der Waals surface area (Å²) in [6.07, 6.45) is -0.572. The maximum Gasteiger partial charge on any atom is 0.407 e. The van der Waals surface area contributed by atoms with E-state index in [1.165, 1.54) is 18.1 Å². The topological polar surface area (TPSA) is 64.6 Å². The van der Waals surface area contributed by atoms with Crippen LogP contribution in [0.4, 0.5) is 4.79 Å². The predicted octanol–water partition coefficient (Wildman–Crippen LogP) is 5.35. The van der Waals surface area contributed by atoms with Crippen LogP contribution in [-0.2, 0) is 14.0 Å². The van der Waals surface area contributed by atoms with Crippen LogP contribution in [0, 0.1) is 0 Å². The van der Waals surface area contributed by atoms with Crippen LogP contribution in [0.3, 0.4) is 0 Å². The lowest BCUT2D eigenvalue weighted by Gasteiger charge is -2.25. The van der Waals surface area contributed by atoms with Crippen LogP contribution in [0.15, 0.2) is 48.5 Å². The van der Waals surface area contributed by atoms with E-state index in [1.54, 1.807) is 0 Å². The first kappa shape index (κ1) is 23.5. The fraction of sp³-hybridized carbons (Fsp3) is 0.348. The van der Waals surface area contributed by atoms with Crippen molar-refractivity contribution in [3.63, 3.8) is 0 Å². The Hall–Kier alpha value is -2.16. The predicted molar refractivity (Wildman–Crippen MR) is 132 cm³/mol. The molecule has 3 rings (SSSR count). The van der Waals surface area contributed by atoms with Gasteiger partial charge in [-0.2, -0.15) is 0 Å². The van der Waals surface area contributed by atoms with E-state index in [1.807, 2.05) is 43.9 Å². The van der Waals surface area contributed by atoms with Gasteiger partial charge in [0.2, 0.25) is 8.32 Å². The Morgan fingerprint density at radius 2 is 1.61 bits per heavy atom. The van der Waals surface area contributed by atoms with Gasteiger partial charge in [0, 0.05) is 18.6 Å². The molecule has 0 saturated heterocycles. The van der Waals surface area contributed by atoms with Gasteiger partial charge in [-0.1, -0.05) is 60.3 Å². The van der Waals surface area contributed by atoms with Crippen molar-refractivity contribution in [2.24, 2.45) is 0 Å². The highest BCUT2D eigenvalue weighted by molar-refractivity contribution is 8.13. The number of carbonyl (C=O) groups excluding carboxylic acids is 2. The molecular formula is C23H27NO4S2Si. The van der Waals surface area contributed by atoms with Gasteiger partial charge in [0.15, 0.2) is 10.2 Å². The van der Waals surface area contributed by atoms with Gasteiger partial charge in [-0.25, -0.2) is 4.79 Å². The molecule has 2 aromatic carbocycles. The Kier molecular flexibility index (Phi) is 7.56. The molecule has 1 amide bonds. The highest BCUT2D eigenvalue weighted by atomic mass is 32.2. The minimum absolute atomic E-state index is 0.0200. The highest BCUT2D eigenvalue weighted by Gasteiger charge is 2.30. The summed E-state index contributed by atoms with van der Waals surface area (Å²) < 4.78 is 11.5. The largest absolute Gasteiger partial charge is 0.538 e. The summed E-state index contributed by atoms with van der Waals surface area (Å²) in [6.45, 7) is 7.75. The van der Waals surface area contributed by atoms with E-state index in [4.69, 9.17) is 21.4 Å². The molecule has 2 aromatic rings. The molecule has 1 aliphatic rings. The molecule has 0 spiro atoms. The van der Waals surface area contributed by atoms with Crippen molar-refractivity contribution in [2.75, 3.05) is 12.4 Å². The number of carbonyl (C=O) groups is 2. The molecule has 0 fully saturated rings. The van der Waals surface area contributed by atoms with Crippen LogP contribution in [0.25, 0.3) is 11.1 Å². The molecule has 8 heteroatoms. The van der Waals surface area contributed by atoms with Crippen molar-refractivity contribution in [1.82, 2.24) is 5.32 Å². The average Bonchev–Trinajstić information content (AvgIpc) is 3.02. The quantitative estimate of drug-likeness (QED) is 0.432. The number of hydrogen-bond donors (Lipinski definition) is 1. The van der Waals surface area contributed by atoms with Gasteiger partial charge in [0.05, 0.1) is 0 Å². The highest BCUT2D eigenvalue weighted by Crippen LogP contribution is 2.44. The van der Waals surface area contributed by atoms with E-state index in [0.717, 1.165) is 22.9 Å². The fourth-order valence-electron chi connectivity index (χ4n) is 3.52. The molecule has 0 radical (unpaired) electrons. The second-order valence-electron chi connectivity index (χ2n) is 8.36. The molecule has 1 N–H and O–H groups in total.